The second-order valence-corrected chi connectivity index (χ2v) is 4.78. The summed E-state index contributed by atoms with van der Waals surface area (Å²) in [6.07, 6.45) is 11.6. The van der Waals surface area contributed by atoms with Gasteiger partial charge in [0.15, 0.2) is 0 Å². The van der Waals surface area contributed by atoms with Gasteiger partial charge < -0.3 is 5.32 Å². The number of benzene rings is 3. The highest BCUT2D eigenvalue weighted by Crippen LogP contribution is 2.24. The van der Waals surface area contributed by atoms with Gasteiger partial charge in [0, 0.05) is 20.8 Å². The molecule has 0 aliphatic carbocycles. The van der Waals surface area contributed by atoms with Crippen molar-refractivity contribution in [3.63, 3.8) is 0 Å². The van der Waals surface area contributed by atoms with Crippen molar-refractivity contribution in [3.05, 3.63) is 97.4 Å². The third-order valence-corrected chi connectivity index (χ3v) is 3.37. The van der Waals surface area contributed by atoms with Crippen molar-refractivity contribution < 1.29 is 0 Å². The number of nitrogens with one attached hydrogen (secondary N) is 1. The second-order valence-electron chi connectivity index (χ2n) is 4.78. The van der Waals surface area contributed by atoms with Crippen LogP contribution in [0.3, 0.4) is 0 Å². The summed E-state index contributed by atoms with van der Waals surface area (Å²) >= 11 is 0. The van der Waals surface area contributed by atoms with E-state index < -0.39 is 0 Å². The van der Waals surface area contributed by atoms with Gasteiger partial charge in [-0.1, -0.05) is 72.8 Å². The Kier molecular flexibility index (Phi) is 5.61. The van der Waals surface area contributed by atoms with E-state index in [0.717, 1.165) is 0 Å². The maximum absolute atomic E-state index is 2.92. The fourth-order valence-electron chi connectivity index (χ4n) is 2.36. The van der Waals surface area contributed by atoms with Crippen molar-refractivity contribution >= 4 is 30.0 Å². The topological polar surface area (TPSA) is 12.0 Å². The van der Waals surface area contributed by atoms with Crippen LogP contribution in [0.25, 0.3) is 21.5 Å². The van der Waals surface area contributed by atoms with Gasteiger partial charge in [-0.3, -0.25) is 0 Å². The molecule has 3 radical (unpaired) electrons. The van der Waals surface area contributed by atoms with Crippen LogP contribution < -0.4 is 5.32 Å². The van der Waals surface area contributed by atoms with Gasteiger partial charge >= 0.3 is 0 Å². The first-order valence-corrected chi connectivity index (χ1v) is 7.06. The smallest absolute Gasteiger partial charge is 0.000442 e. The maximum atomic E-state index is 2.92. The van der Waals surface area contributed by atoms with Crippen LogP contribution in [0.5, 0.6) is 0 Å². The lowest BCUT2D eigenvalue weighted by Crippen LogP contribution is -1.87. The molecular weight excluding hydrogens is 265 g/mol. The molecule has 105 valence electrons. The Bertz CT molecular complexity index is 762. The molecule has 1 nitrogen and oxygen atoms in total. The van der Waals surface area contributed by atoms with Crippen LogP contribution in [0, 0.1) is 0 Å². The van der Waals surface area contributed by atoms with Crippen LogP contribution in [0.1, 0.15) is 0 Å². The normalized spacial score (nSPS) is 12.0. The molecule has 0 saturated heterocycles. The molecule has 0 amide bonds. The fraction of sp³-hybridized carbons (Fsp3) is 0. The van der Waals surface area contributed by atoms with Crippen molar-refractivity contribution in [2.24, 2.45) is 0 Å². The van der Waals surface area contributed by atoms with E-state index in [1.807, 2.05) is 36.7 Å². The van der Waals surface area contributed by atoms with Crippen LogP contribution >= 0.6 is 0 Å². The lowest BCUT2D eigenvalue weighted by atomic mass is 10.0. The molecule has 0 bridgehead atoms. The van der Waals surface area contributed by atoms with Crippen molar-refractivity contribution in [1.29, 1.82) is 0 Å². The summed E-state index contributed by atoms with van der Waals surface area (Å²) in [5.74, 6) is 0. The number of allylic oxidation sites excluding steroid dienone is 4. The summed E-state index contributed by atoms with van der Waals surface area (Å²) in [6, 6.07) is 21.4. The molecule has 0 fully saturated rings. The molecule has 2 heteroatoms. The van der Waals surface area contributed by atoms with Crippen molar-refractivity contribution in [1.82, 2.24) is 5.32 Å². The summed E-state index contributed by atoms with van der Waals surface area (Å²) in [7, 11) is 0. The Morgan fingerprint density at radius 3 is 1.45 bits per heavy atom. The van der Waals surface area contributed by atoms with E-state index in [4.69, 9.17) is 0 Å². The van der Waals surface area contributed by atoms with E-state index >= 15 is 0 Å². The number of hydrogen-bond donors (Lipinski definition) is 1. The highest BCUT2D eigenvalue weighted by Gasteiger charge is 1.97. The molecule has 0 spiro atoms. The summed E-state index contributed by atoms with van der Waals surface area (Å²) < 4.78 is 0. The first kappa shape index (κ1) is 15.6. The molecule has 0 unspecified atom stereocenters. The first-order chi connectivity index (χ1) is 10.4. The highest BCUT2D eigenvalue weighted by atomic mass is 14.8. The van der Waals surface area contributed by atoms with E-state index in [0.29, 0.717) is 0 Å². The molecule has 1 N–H and O–H groups in total. The number of hydrogen-bond acceptors (Lipinski definition) is 1. The van der Waals surface area contributed by atoms with Crippen LogP contribution in [0.4, 0.5) is 0 Å². The number of rotatable bonds is 0. The molecule has 0 aromatic heterocycles. The lowest BCUT2D eigenvalue weighted by Gasteiger charge is -2.02. The van der Waals surface area contributed by atoms with E-state index in [9.17, 15) is 0 Å². The molecule has 22 heavy (non-hydrogen) atoms. The zero-order valence-electron chi connectivity index (χ0n) is 12.3. The minimum Gasteiger partial charge on any atom is -0.368 e. The zero-order valence-corrected chi connectivity index (χ0v) is 12.3. The lowest BCUT2D eigenvalue weighted by molar-refractivity contribution is 1.20. The molecule has 3 aromatic carbocycles. The van der Waals surface area contributed by atoms with Crippen LogP contribution in [0.2, 0.25) is 0 Å². The fourth-order valence-corrected chi connectivity index (χ4v) is 2.36. The van der Waals surface area contributed by atoms with Crippen molar-refractivity contribution in [2.45, 2.75) is 0 Å². The first-order valence-electron chi connectivity index (χ1n) is 7.06. The van der Waals surface area contributed by atoms with Gasteiger partial charge in [-0.2, -0.15) is 0 Å². The minimum absolute atomic E-state index is 0. The molecule has 0 saturated carbocycles. The largest absolute Gasteiger partial charge is 0.368 e. The monoisotopic (exact) mass is 282 g/mol. The average Bonchev–Trinajstić information content (AvgIpc) is 2.88. The molecule has 1 heterocycles. The zero-order chi connectivity index (χ0) is 14.3. The predicted octanol–water partition coefficient (Wildman–Crippen LogP) is 4.79. The molecule has 4 rings (SSSR count). The Hall–Kier alpha value is -2.74. The van der Waals surface area contributed by atoms with E-state index in [-0.39, 0.29) is 8.41 Å². The average molecular weight is 282 g/mol. The Balaban J connectivity index is 0.000000189. The van der Waals surface area contributed by atoms with Crippen LogP contribution in [-0.4, -0.2) is 8.41 Å². The van der Waals surface area contributed by atoms with Gasteiger partial charge in [0.05, 0.1) is 0 Å². The van der Waals surface area contributed by atoms with E-state index in [1.54, 1.807) is 0 Å². The molecule has 3 aromatic rings. The van der Waals surface area contributed by atoms with Gasteiger partial charge in [-0.15, -0.1) is 0 Å². The van der Waals surface area contributed by atoms with Gasteiger partial charge in [0.1, 0.15) is 0 Å². The van der Waals surface area contributed by atoms with Gasteiger partial charge in [0.2, 0.25) is 0 Å². The number of fused-ring (bicyclic) bond motifs is 3. The molecular formula is C20H17BN. The van der Waals surface area contributed by atoms with E-state index in [2.05, 4.69) is 66.0 Å². The van der Waals surface area contributed by atoms with Crippen LogP contribution in [-0.2, 0) is 0 Å². The summed E-state index contributed by atoms with van der Waals surface area (Å²) in [5.41, 5.74) is 0. The predicted molar refractivity (Wildman–Crippen MR) is 97.8 cm³/mol. The van der Waals surface area contributed by atoms with Crippen molar-refractivity contribution in [2.75, 3.05) is 0 Å². The summed E-state index contributed by atoms with van der Waals surface area (Å²) in [5, 5.41) is 8.22. The highest BCUT2D eigenvalue weighted by molar-refractivity contribution is 6.07. The standard InChI is InChI=1S/C14H10.C6H7N.B/c1-3-7-13-11(5-1)9-10-12-6-2-4-8-14(12)13;1-2-4-6-7-5-3-1;/h1-10H;1-7H;. The molecule has 0 atom stereocenters. The Morgan fingerprint density at radius 1 is 0.500 bits per heavy atom. The summed E-state index contributed by atoms with van der Waals surface area (Å²) in [6.45, 7) is 0. The minimum atomic E-state index is 0. The third kappa shape index (κ3) is 3.67. The Labute approximate surface area is 133 Å². The Morgan fingerprint density at radius 2 is 0.955 bits per heavy atom. The summed E-state index contributed by atoms with van der Waals surface area (Å²) in [4.78, 5) is 0. The van der Waals surface area contributed by atoms with Gasteiger partial charge in [0.25, 0.3) is 0 Å². The molecule has 1 aliphatic rings. The van der Waals surface area contributed by atoms with Crippen LogP contribution in [0.15, 0.2) is 97.4 Å². The maximum Gasteiger partial charge on any atom is 0.000442 e. The quantitative estimate of drug-likeness (QED) is 0.462. The SMILES string of the molecule is C1=CC=CNC=C1.[B].c1ccc2c(c1)ccc1ccccc12. The third-order valence-electron chi connectivity index (χ3n) is 3.37. The van der Waals surface area contributed by atoms with E-state index in [1.165, 1.54) is 21.5 Å². The van der Waals surface area contributed by atoms with Gasteiger partial charge in [-0.05, 0) is 33.7 Å². The van der Waals surface area contributed by atoms with Crippen molar-refractivity contribution in [3.8, 4) is 0 Å². The molecule has 1 aliphatic heterocycles. The second kappa shape index (κ2) is 7.89. The van der Waals surface area contributed by atoms with Gasteiger partial charge in [-0.25, -0.2) is 0 Å².